The monoisotopic (exact) mass is 243 g/mol. The van der Waals surface area contributed by atoms with Crippen LogP contribution in [-0.4, -0.2) is 13.1 Å². The summed E-state index contributed by atoms with van der Waals surface area (Å²) in [5.41, 5.74) is 0.382. The van der Waals surface area contributed by atoms with Crippen LogP contribution in [0.25, 0.3) is 10.2 Å². The van der Waals surface area contributed by atoms with E-state index >= 15 is 0 Å². The standard InChI is InChI=1S/C9H6ClNO3S/c1-14-9(12)8-11(13)6-4-2-3-5(10)7(6)15-8/h2-4H,1H3. The van der Waals surface area contributed by atoms with Crippen molar-refractivity contribution < 1.29 is 14.3 Å². The van der Waals surface area contributed by atoms with Gasteiger partial charge in [-0.05, 0) is 6.07 Å². The van der Waals surface area contributed by atoms with Crippen LogP contribution in [0.1, 0.15) is 9.80 Å². The summed E-state index contributed by atoms with van der Waals surface area (Å²) in [4.78, 5) is 11.2. The topological polar surface area (TPSA) is 53.2 Å². The molecule has 0 aliphatic rings. The molecule has 0 saturated carbocycles. The Morgan fingerprint density at radius 2 is 2.33 bits per heavy atom. The lowest BCUT2D eigenvalue weighted by atomic mass is 10.3. The zero-order chi connectivity index (χ0) is 11.0. The van der Waals surface area contributed by atoms with Crippen LogP contribution >= 0.6 is 22.9 Å². The Hall–Kier alpha value is -1.33. The molecule has 78 valence electrons. The lowest BCUT2D eigenvalue weighted by Gasteiger charge is -1.95. The van der Waals surface area contributed by atoms with E-state index in [1.54, 1.807) is 18.2 Å². The van der Waals surface area contributed by atoms with Crippen molar-refractivity contribution in [1.29, 1.82) is 0 Å². The van der Waals surface area contributed by atoms with Crippen molar-refractivity contribution in [2.75, 3.05) is 7.11 Å². The number of halogens is 1. The van der Waals surface area contributed by atoms with Crippen molar-refractivity contribution in [3.05, 3.63) is 33.4 Å². The molecule has 1 aromatic heterocycles. The fourth-order valence-electron chi connectivity index (χ4n) is 1.22. The first-order chi connectivity index (χ1) is 7.15. The number of aromatic nitrogens is 1. The molecule has 0 bridgehead atoms. The molecule has 2 rings (SSSR count). The van der Waals surface area contributed by atoms with Gasteiger partial charge >= 0.3 is 11.0 Å². The smallest absolute Gasteiger partial charge is 0.416 e. The number of esters is 1. The predicted octanol–water partition coefficient (Wildman–Crippen LogP) is 1.97. The number of fused-ring (bicyclic) bond motifs is 1. The number of carbonyl (C=O) groups excluding carboxylic acids is 1. The number of benzene rings is 1. The van der Waals surface area contributed by atoms with Gasteiger partial charge in [-0.2, -0.15) is 0 Å². The first-order valence-electron chi connectivity index (χ1n) is 4.04. The maximum Gasteiger partial charge on any atom is 0.416 e. The molecule has 0 spiro atoms. The Morgan fingerprint density at radius 1 is 1.60 bits per heavy atom. The van der Waals surface area contributed by atoms with Gasteiger partial charge in [-0.3, -0.25) is 0 Å². The Balaban J connectivity index is 2.75. The summed E-state index contributed by atoms with van der Waals surface area (Å²) in [6, 6.07) is 4.94. The molecule has 0 amide bonds. The third-order valence-electron chi connectivity index (χ3n) is 1.91. The molecule has 0 aliphatic heterocycles. The maximum atomic E-state index is 11.6. The Bertz CT molecular complexity index is 537. The molecule has 0 radical (unpaired) electrons. The van der Waals surface area contributed by atoms with Crippen LogP contribution in [-0.2, 0) is 4.74 Å². The van der Waals surface area contributed by atoms with E-state index in [0.29, 0.717) is 20.0 Å². The molecule has 0 aliphatic carbocycles. The molecule has 1 heterocycles. The van der Waals surface area contributed by atoms with Gasteiger partial charge in [-0.15, -0.1) is 4.73 Å². The summed E-state index contributed by atoms with van der Waals surface area (Å²) in [5.74, 6) is -0.651. The molecule has 0 saturated heterocycles. The fourth-order valence-corrected chi connectivity index (χ4v) is 2.47. The highest BCUT2D eigenvalue weighted by Gasteiger charge is 2.24. The highest BCUT2D eigenvalue weighted by molar-refractivity contribution is 7.20. The first kappa shape index (κ1) is 10.2. The van der Waals surface area contributed by atoms with E-state index in [2.05, 4.69) is 4.74 Å². The molecule has 0 N–H and O–H groups in total. The molecule has 6 heteroatoms. The molecule has 2 aromatic rings. The van der Waals surface area contributed by atoms with Gasteiger partial charge in [0.15, 0.2) is 0 Å². The maximum absolute atomic E-state index is 11.6. The molecule has 0 fully saturated rings. The SMILES string of the molecule is COC(=O)c1sc2c(Cl)cccc2[n+]1[O-]. The number of nitrogens with zero attached hydrogens (tertiary/aromatic N) is 1. The van der Waals surface area contributed by atoms with E-state index in [4.69, 9.17) is 11.6 Å². The lowest BCUT2D eigenvalue weighted by molar-refractivity contribution is -0.575. The van der Waals surface area contributed by atoms with Crippen molar-refractivity contribution in [3.63, 3.8) is 0 Å². The van der Waals surface area contributed by atoms with Gasteiger partial charge in [0.2, 0.25) is 5.52 Å². The first-order valence-corrected chi connectivity index (χ1v) is 5.23. The highest BCUT2D eigenvalue weighted by Crippen LogP contribution is 2.27. The van der Waals surface area contributed by atoms with Crippen LogP contribution in [0.15, 0.2) is 18.2 Å². The molecule has 15 heavy (non-hydrogen) atoms. The van der Waals surface area contributed by atoms with E-state index in [1.165, 1.54) is 7.11 Å². The van der Waals surface area contributed by atoms with Crippen LogP contribution in [0.4, 0.5) is 0 Å². The van der Waals surface area contributed by atoms with Gasteiger partial charge in [0.1, 0.15) is 4.70 Å². The van der Waals surface area contributed by atoms with Gasteiger partial charge in [-0.1, -0.05) is 29.0 Å². The molecule has 4 nitrogen and oxygen atoms in total. The van der Waals surface area contributed by atoms with Crippen molar-refractivity contribution in [2.24, 2.45) is 0 Å². The van der Waals surface area contributed by atoms with E-state index in [-0.39, 0.29) is 5.01 Å². The Kier molecular flexibility index (Phi) is 2.50. The zero-order valence-electron chi connectivity index (χ0n) is 7.69. The molecular formula is C9H6ClNO3S. The number of ether oxygens (including phenoxy) is 1. The van der Waals surface area contributed by atoms with Crippen LogP contribution in [0.2, 0.25) is 5.02 Å². The van der Waals surface area contributed by atoms with Gasteiger partial charge in [0.05, 0.1) is 12.1 Å². The number of hydrogen-bond acceptors (Lipinski definition) is 4. The number of rotatable bonds is 1. The van der Waals surface area contributed by atoms with Gasteiger partial charge in [-0.25, -0.2) is 4.79 Å². The molecule has 1 aromatic carbocycles. The van der Waals surface area contributed by atoms with E-state index in [0.717, 1.165) is 11.3 Å². The Labute approximate surface area is 94.2 Å². The fraction of sp³-hybridized carbons (Fsp3) is 0.111. The lowest BCUT2D eigenvalue weighted by Crippen LogP contribution is -2.31. The van der Waals surface area contributed by atoms with E-state index in [9.17, 15) is 10.0 Å². The van der Waals surface area contributed by atoms with Crippen molar-refractivity contribution in [1.82, 2.24) is 0 Å². The predicted molar refractivity (Wildman–Crippen MR) is 57.1 cm³/mol. The summed E-state index contributed by atoms with van der Waals surface area (Å²) >= 11 is 6.92. The minimum Gasteiger partial charge on any atom is -0.617 e. The average Bonchev–Trinajstić information content (AvgIpc) is 2.57. The average molecular weight is 244 g/mol. The van der Waals surface area contributed by atoms with E-state index in [1.807, 2.05) is 0 Å². The number of hydrogen-bond donors (Lipinski definition) is 0. The quantitative estimate of drug-likeness (QED) is 0.437. The number of methoxy groups -OCH3 is 1. The van der Waals surface area contributed by atoms with Crippen LogP contribution < -0.4 is 4.73 Å². The summed E-state index contributed by atoms with van der Waals surface area (Å²) in [6.45, 7) is 0. The molecular weight excluding hydrogens is 238 g/mol. The zero-order valence-corrected chi connectivity index (χ0v) is 9.26. The van der Waals surface area contributed by atoms with Crippen LogP contribution in [0.5, 0.6) is 0 Å². The van der Waals surface area contributed by atoms with Gasteiger partial charge < -0.3 is 9.94 Å². The van der Waals surface area contributed by atoms with Gasteiger partial charge in [0, 0.05) is 6.07 Å². The number of thiazole rings is 1. The summed E-state index contributed by atoms with van der Waals surface area (Å²) in [5, 5.41) is 12.1. The van der Waals surface area contributed by atoms with Crippen LogP contribution in [0.3, 0.4) is 0 Å². The second-order valence-electron chi connectivity index (χ2n) is 2.78. The third kappa shape index (κ3) is 1.53. The largest absolute Gasteiger partial charge is 0.617 e. The normalized spacial score (nSPS) is 10.5. The highest BCUT2D eigenvalue weighted by atomic mass is 35.5. The van der Waals surface area contributed by atoms with Crippen molar-refractivity contribution in [3.8, 4) is 0 Å². The summed E-state index contributed by atoms with van der Waals surface area (Å²) in [7, 11) is 1.23. The second kappa shape index (κ2) is 3.67. The second-order valence-corrected chi connectivity index (χ2v) is 4.19. The van der Waals surface area contributed by atoms with E-state index < -0.39 is 5.97 Å². The minimum absolute atomic E-state index is 0.0133. The van der Waals surface area contributed by atoms with Crippen molar-refractivity contribution >= 4 is 39.1 Å². The van der Waals surface area contributed by atoms with Crippen LogP contribution in [0, 0.1) is 5.21 Å². The summed E-state index contributed by atoms with van der Waals surface area (Å²) in [6.07, 6.45) is 0. The van der Waals surface area contributed by atoms with Crippen molar-refractivity contribution in [2.45, 2.75) is 0 Å². The molecule has 0 atom stereocenters. The Morgan fingerprint density at radius 3 is 2.93 bits per heavy atom. The minimum atomic E-state index is -0.651. The summed E-state index contributed by atoms with van der Waals surface area (Å²) < 4.78 is 5.63. The molecule has 0 unspecified atom stereocenters. The third-order valence-corrected chi connectivity index (χ3v) is 3.49. The number of carbonyl (C=O) groups is 1. The van der Waals surface area contributed by atoms with Gasteiger partial charge in [0.25, 0.3) is 0 Å².